The maximum absolute atomic E-state index is 6.25. The summed E-state index contributed by atoms with van der Waals surface area (Å²) in [6.07, 6.45) is 2.03. The standard InChI is InChI=1S/C15H23NO/c1-5-10(2)11-6-7-14-12(8-11)13(16)9-15(3,4)17-14/h6-8,10,13H,5,9,16H2,1-4H3. The average Bonchev–Trinajstić information content (AvgIpc) is 2.26. The molecule has 0 saturated carbocycles. The summed E-state index contributed by atoms with van der Waals surface area (Å²) >= 11 is 0. The normalized spacial score (nSPS) is 23.7. The van der Waals surface area contributed by atoms with E-state index in [1.54, 1.807) is 0 Å². The third-order valence-corrected chi connectivity index (χ3v) is 3.71. The molecular formula is C15H23NO. The van der Waals surface area contributed by atoms with Gasteiger partial charge in [0.2, 0.25) is 0 Å². The summed E-state index contributed by atoms with van der Waals surface area (Å²) in [6.45, 7) is 8.65. The van der Waals surface area contributed by atoms with Gasteiger partial charge in [0.15, 0.2) is 0 Å². The lowest BCUT2D eigenvalue weighted by molar-refractivity contribution is 0.0728. The van der Waals surface area contributed by atoms with Crippen LogP contribution in [0.3, 0.4) is 0 Å². The lowest BCUT2D eigenvalue weighted by atomic mass is 9.87. The molecule has 0 aliphatic carbocycles. The SMILES string of the molecule is CCC(C)c1ccc2c(c1)C(N)CC(C)(C)O2. The minimum absolute atomic E-state index is 0.0951. The molecule has 0 saturated heterocycles. The van der Waals surface area contributed by atoms with E-state index in [1.807, 2.05) is 0 Å². The van der Waals surface area contributed by atoms with Crippen LogP contribution in [0.4, 0.5) is 0 Å². The number of hydrogen-bond acceptors (Lipinski definition) is 2. The minimum atomic E-state index is -0.149. The first-order valence-corrected chi connectivity index (χ1v) is 6.51. The van der Waals surface area contributed by atoms with E-state index in [1.165, 1.54) is 11.1 Å². The Labute approximate surface area is 104 Å². The van der Waals surface area contributed by atoms with Gasteiger partial charge in [-0.2, -0.15) is 0 Å². The lowest BCUT2D eigenvalue weighted by Gasteiger charge is -2.36. The monoisotopic (exact) mass is 233 g/mol. The van der Waals surface area contributed by atoms with Crippen LogP contribution in [-0.4, -0.2) is 5.60 Å². The molecule has 1 aliphatic heterocycles. The van der Waals surface area contributed by atoms with Crippen molar-refractivity contribution in [3.05, 3.63) is 29.3 Å². The van der Waals surface area contributed by atoms with Crippen molar-refractivity contribution in [3.63, 3.8) is 0 Å². The molecule has 0 aromatic heterocycles. The molecule has 94 valence electrons. The van der Waals surface area contributed by atoms with E-state index < -0.39 is 0 Å². The average molecular weight is 233 g/mol. The molecule has 17 heavy (non-hydrogen) atoms. The number of nitrogens with two attached hydrogens (primary N) is 1. The molecular weight excluding hydrogens is 210 g/mol. The highest BCUT2D eigenvalue weighted by Crippen LogP contribution is 2.39. The highest BCUT2D eigenvalue weighted by Gasteiger charge is 2.31. The van der Waals surface area contributed by atoms with E-state index in [0.29, 0.717) is 5.92 Å². The third-order valence-electron chi connectivity index (χ3n) is 3.71. The van der Waals surface area contributed by atoms with Gasteiger partial charge >= 0.3 is 0 Å². The van der Waals surface area contributed by atoms with Gasteiger partial charge in [0.05, 0.1) is 0 Å². The Bertz CT molecular complexity index is 411. The Morgan fingerprint density at radius 1 is 1.47 bits per heavy atom. The molecule has 0 bridgehead atoms. The van der Waals surface area contributed by atoms with Crippen molar-refractivity contribution >= 4 is 0 Å². The van der Waals surface area contributed by atoms with Crippen molar-refractivity contribution in [2.45, 2.75) is 58.1 Å². The smallest absolute Gasteiger partial charge is 0.124 e. The van der Waals surface area contributed by atoms with Crippen LogP contribution in [0.15, 0.2) is 18.2 Å². The molecule has 0 radical (unpaired) electrons. The molecule has 0 fully saturated rings. The molecule has 2 heteroatoms. The second-order valence-electron chi connectivity index (χ2n) is 5.78. The molecule has 2 atom stereocenters. The summed E-state index contributed by atoms with van der Waals surface area (Å²) in [5.74, 6) is 1.54. The molecule has 2 rings (SSSR count). The van der Waals surface area contributed by atoms with Crippen LogP contribution in [-0.2, 0) is 0 Å². The summed E-state index contributed by atoms with van der Waals surface area (Å²) in [5.41, 5.74) is 8.64. The second-order valence-corrected chi connectivity index (χ2v) is 5.78. The van der Waals surface area contributed by atoms with Crippen molar-refractivity contribution in [3.8, 4) is 5.75 Å². The van der Waals surface area contributed by atoms with Crippen molar-refractivity contribution in [2.24, 2.45) is 5.73 Å². The Kier molecular flexibility index (Phi) is 3.17. The predicted octanol–water partition coefficient (Wildman–Crippen LogP) is 3.76. The van der Waals surface area contributed by atoms with E-state index in [2.05, 4.69) is 45.9 Å². The van der Waals surface area contributed by atoms with Gasteiger partial charge in [-0.15, -0.1) is 0 Å². The minimum Gasteiger partial charge on any atom is -0.487 e. The van der Waals surface area contributed by atoms with Gasteiger partial charge in [-0.25, -0.2) is 0 Å². The van der Waals surface area contributed by atoms with Crippen molar-refractivity contribution in [2.75, 3.05) is 0 Å². The summed E-state index contributed by atoms with van der Waals surface area (Å²) in [4.78, 5) is 0. The quantitative estimate of drug-likeness (QED) is 0.844. The van der Waals surface area contributed by atoms with Gasteiger partial charge in [0, 0.05) is 18.0 Å². The first-order valence-electron chi connectivity index (χ1n) is 6.51. The zero-order valence-electron chi connectivity index (χ0n) is 11.3. The molecule has 1 aliphatic rings. The molecule has 0 amide bonds. The van der Waals surface area contributed by atoms with Gasteiger partial charge in [-0.3, -0.25) is 0 Å². The van der Waals surface area contributed by atoms with Crippen molar-refractivity contribution < 1.29 is 4.74 Å². The van der Waals surface area contributed by atoms with Crippen LogP contribution in [0.2, 0.25) is 0 Å². The summed E-state index contributed by atoms with van der Waals surface area (Å²) in [5, 5.41) is 0. The van der Waals surface area contributed by atoms with Crippen LogP contribution in [0, 0.1) is 0 Å². The zero-order chi connectivity index (χ0) is 12.6. The van der Waals surface area contributed by atoms with Crippen molar-refractivity contribution in [1.82, 2.24) is 0 Å². The molecule has 1 aromatic carbocycles. The van der Waals surface area contributed by atoms with Gasteiger partial charge in [0.25, 0.3) is 0 Å². The number of hydrogen-bond donors (Lipinski definition) is 1. The van der Waals surface area contributed by atoms with Crippen LogP contribution in [0.5, 0.6) is 5.75 Å². The Balaban J connectivity index is 2.37. The van der Waals surface area contributed by atoms with Gasteiger partial charge in [-0.05, 0) is 37.8 Å². The molecule has 1 aromatic rings. The highest BCUT2D eigenvalue weighted by molar-refractivity contribution is 5.42. The van der Waals surface area contributed by atoms with E-state index in [4.69, 9.17) is 10.5 Å². The highest BCUT2D eigenvalue weighted by atomic mass is 16.5. The Morgan fingerprint density at radius 3 is 2.82 bits per heavy atom. The van der Waals surface area contributed by atoms with E-state index >= 15 is 0 Å². The number of benzene rings is 1. The predicted molar refractivity (Wildman–Crippen MR) is 71.4 cm³/mol. The van der Waals surface area contributed by atoms with Crippen LogP contribution < -0.4 is 10.5 Å². The fourth-order valence-electron chi connectivity index (χ4n) is 2.47. The van der Waals surface area contributed by atoms with Crippen LogP contribution in [0.25, 0.3) is 0 Å². The summed E-state index contributed by atoms with van der Waals surface area (Å²) in [7, 11) is 0. The maximum atomic E-state index is 6.25. The Hall–Kier alpha value is -1.02. The van der Waals surface area contributed by atoms with E-state index in [0.717, 1.165) is 18.6 Å². The number of fused-ring (bicyclic) bond motifs is 1. The van der Waals surface area contributed by atoms with Gasteiger partial charge in [0.1, 0.15) is 11.4 Å². The van der Waals surface area contributed by atoms with E-state index in [-0.39, 0.29) is 11.6 Å². The zero-order valence-corrected chi connectivity index (χ0v) is 11.3. The summed E-state index contributed by atoms with van der Waals surface area (Å²) in [6, 6.07) is 6.57. The number of ether oxygens (including phenoxy) is 1. The maximum Gasteiger partial charge on any atom is 0.124 e. The third kappa shape index (κ3) is 2.47. The Morgan fingerprint density at radius 2 is 2.18 bits per heavy atom. The second kappa shape index (κ2) is 4.34. The molecule has 2 nitrogen and oxygen atoms in total. The first-order chi connectivity index (χ1) is 7.93. The molecule has 0 spiro atoms. The first kappa shape index (κ1) is 12.4. The summed E-state index contributed by atoms with van der Waals surface area (Å²) < 4.78 is 5.98. The molecule has 1 heterocycles. The lowest BCUT2D eigenvalue weighted by Crippen LogP contribution is -2.37. The largest absolute Gasteiger partial charge is 0.487 e. The fraction of sp³-hybridized carbons (Fsp3) is 0.600. The topological polar surface area (TPSA) is 35.2 Å². The van der Waals surface area contributed by atoms with Crippen molar-refractivity contribution in [1.29, 1.82) is 0 Å². The molecule has 2 unspecified atom stereocenters. The van der Waals surface area contributed by atoms with Gasteiger partial charge in [-0.1, -0.05) is 26.0 Å². The van der Waals surface area contributed by atoms with E-state index in [9.17, 15) is 0 Å². The van der Waals surface area contributed by atoms with Gasteiger partial charge < -0.3 is 10.5 Å². The number of rotatable bonds is 2. The van der Waals surface area contributed by atoms with Crippen LogP contribution >= 0.6 is 0 Å². The van der Waals surface area contributed by atoms with Crippen LogP contribution in [0.1, 0.15) is 63.6 Å². The fourth-order valence-corrected chi connectivity index (χ4v) is 2.47. The molecule has 2 N–H and O–H groups in total.